The second-order valence-electron chi connectivity index (χ2n) is 3.70. The third kappa shape index (κ3) is 2.83. The molecule has 1 saturated heterocycles. The zero-order chi connectivity index (χ0) is 10.7. The highest BCUT2D eigenvalue weighted by Crippen LogP contribution is 2.20. The highest BCUT2D eigenvalue weighted by atomic mass is 35.5. The lowest BCUT2D eigenvalue weighted by Gasteiger charge is -2.06. The first-order valence-corrected chi connectivity index (χ1v) is 5.53. The molecule has 1 atom stereocenters. The van der Waals surface area contributed by atoms with Crippen LogP contribution in [0.1, 0.15) is 36.2 Å². The molecular formula is C11H13ClO3. The van der Waals surface area contributed by atoms with Gasteiger partial charge in [-0.2, -0.15) is 0 Å². The van der Waals surface area contributed by atoms with E-state index in [1.165, 1.54) is 0 Å². The smallest absolute Gasteiger partial charge is 0.198 e. The van der Waals surface area contributed by atoms with Crippen molar-refractivity contribution in [3.05, 3.63) is 23.1 Å². The maximum Gasteiger partial charge on any atom is 0.198 e. The summed E-state index contributed by atoms with van der Waals surface area (Å²) in [6, 6.07) is 3.20. The van der Waals surface area contributed by atoms with Gasteiger partial charge in [0, 0.05) is 13.0 Å². The second-order valence-corrected chi connectivity index (χ2v) is 4.07. The van der Waals surface area contributed by atoms with Gasteiger partial charge < -0.3 is 9.15 Å². The van der Waals surface area contributed by atoms with Gasteiger partial charge in [0.05, 0.1) is 6.10 Å². The van der Waals surface area contributed by atoms with Crippen LogP contribution in [0.15, 0.2) is 16.5 Å². The number of hydrogen-bond donors (Lipinski definition) is 0. The summed E-state index contributed by atoms with van der Waals surface area (Å²) in [6.07, 6.45) is 3.66. The van der Waals surface area contributed by atoms with Gasteiger partial charge in [-0.25, -0.2) is 0 Å². The van der Waals surface area contributed by atoms with Crippen molar-refractivity contribution in [3.63, 3.8) is 0 Å². The molecule has 1 aliphatic rings. The molecule has 1 unspecified atom stereocenters. The summed E-state index contributed by atoms with van der Waals surface area (Å²) in [6.45, 7) is 0.825. The van der Waals surface area contributed by atoms with E-state index >= 15 is 0 Å². The summed E-state index contributed by atoms with van der Waals surface area (Å²) in [5.74, 6) is 0.343. The molecule has 2 heterocycles. The largest absolute Gasteiger partial charge is 0.442 e. The molecule has 3 nitrogen and oxygen atoms in total. The first-order valence-electron chi connectivity index (χ1n) is 5.16. The SMILES string of the molecule is O=C(CCC1CCCO1)c1ccc(Cl)o1. The molecule has 4 heteroatoms. The van der Waals surface area contributed by atoms with Crippen molar-refractivity contribution < 1.29 is 13.9 Å². The number of carbonyl (C=O) groups is 1. The predicted molar refractivity (Wildman–Crippen MR) is 56.3 cm³/mol. The summed E-state index contributed by atoms with van der Waals surface area (Å²) >= 11 is 5.59. The summed E-state index contributed by atoms with van der Waals surface area (Å²) in [5.41, 5.74) is 0. The Balaban J connectivity index is 1.81. The van der Waals surface area contributed by atoms with Gasteiger partial charge in [-0.3, -0.25) is 4.79 Å². The molecule has 1 aromatic heterocycles. The Labute approximate surface area is 93.4 Å². The average Bonchev–Trinajstić information content (AvgIpc) is 2.84. The standard InChI is InChI=1S/C11H13ClO3/c12-11-6-5-10(15-11)9(13)4-3-8-2-1-7-14-8/h5-6,8H,1-4,7H2. The van der Waals surface area contributed by atoms with Crippen LogP contribution in [0, 0.1) is 0 Å². The zero-order valence-corrected chi connectivity index (χ0v) is 9.13. The third-order valence-corrected chi connectivity index (χ3v) is 2.77. The molecule has 1 aromatic rings. The van der Waals surface area contributed by atoms with Crippen molar-refractivity contribution in [1.29, 1.82) is 0 Å². The summed E-state index contributed by atoms with van der Waals surface area (Å²) in [7, 11) is 0. The minimum absolute atomic E-state index is 0.00241. The molecule has 0 aliphatic carbocycles. The molecule has 0 amide bonds. The number of halogens is 1. The van der Waals surface area contributed by atoms with Gasteiger partial charge in [0.25, 0.3) is 0 Å². The molecule has 0 N–H and O–H groups in total. The Hall–Kier alpha value is -0.800. The number of carbonyl (C=O) groups excluding carboxylic acids is 1. The normalized spacial score (nSPS) is 20.7. The Morgan fingerprint density at radius 2 is 2.40 bits per heavy atom. The van der Waals surface area contributed by atoms with E-state index in [0.29, 0.717) is 12.2 Å². The van der Waals surface area contributed by atoms with E-state index in [-0.39, 0.29) is 17.1 Å². The molecule has 1 fully saturated rings. The number of Topliss-reactive ketones (excluding diaryl/α,β-unsaturated/α-hetero) is 1. The lowest BCUT2D eigenvalue weighted by Crippen LogP contribution is -2.08. The van der Waals surface area contributed by atoms with Crippen molar-refractivity contribution in [1.82, 2.24) is 0 Å². The third-order valence-electron chi connectivity index (χ3n) is 2.57. The van der Waals surface area contributed by atoms with Gasteiger partial charge in [-0.15, -0.1) is 0 Å². The Morgan fingerprint density at radius 3 is 3.00 bits per heavy atom. The molecule has 0 radical (unpaired) electrons. The molecular weight excluding hydrogens is 216 g/mol. The quantitative estimate of drug-likeness (QED) is 0.744. The van der Waals surface area contributed by atoms with Crippen LogP contribution >= 0.6 is 11.6 Å². The summed E-state index contributed by atoms with van der Waals surface area (Å²) in [4.78, 5) is 11.6. The predicted octanol–water partition coefficient (Wildman–Crippen LogP) is 3.07. The first-order chi connectivity index (χ1) is 7.25. The van der Waals surface area contributed by atoms with Crippen LogP contribution < -0.4 is 0 Å². The van der Waals surface area contributed by atoms with Crippen LogP contribution in [0.5, 0.6) is 0 Å². The van der Waals surface area contributed by atoms with Crippen molar-refractivity contribution >= 4 is 17.4 Å². The molecule has 2 rings (SSSR count). The maximum absolute atomic E-state index is 11.6. The highest BCUT2D eigenvalue weighted by molar-refractivity contribution is 6.29. The van der Waals surface area contributed by atoms with E-state index < -0.39 is 0 Å². The monoisotopic (exact) mass is 228 g/mol. The second kappa shape index (κ2) is 4.81. The fraction of sp³-hybridized carbons (Fsp3) is 0.545. The van der Waals surface area contributed by atoms with Gasteiger partial charge in [0.15, 0.2) is 16.8 Å². The minimum Gasteiger partial charge on any atom is -0.442 e. The molecule has 0 aromatic carbocycles. The van der Waals surface area contributed by atoms with Crippen LogP contribution in [0.25, 0.3) is 0 Å². The van der Waals surface area contributed by atoms with Crippen LogP contribution in [0.3, 0.4) is 0 Å². The van der Waals surface area contributed by atoms with Crippen LogP contribution in [-0.2, 0) is 4.74 Å². The fourth-order valence-electron chi connectivity index (χ4n) is 1.75. The Morgan fingerprint density at radius 1 is 1.53 bits per heavy atom. The molecule has 15 heavy (non-hydrogen) atoms. The Bertz CT molecular complexity index is 339. The van der Waals surface area contributed by atoms with E-state index in [9.17, 15) is 4.79 Å². The first kappa shape index (κ1) is 10.7. The molecule has 0 saturated carbocycles. The van der Waals surface area contributed by atoms with Crippen LogP contribution in [0.4, 0.5) is 0 Å². The number of rotatable bonds is 4. The fourth-order valence-corrected chi connectivity index (χ4v) is 1.90. The van der Waals surface area contributed by atoms with E-state index in [0.717, 1.165) is 25.9 Å². The van der Waals surface area contributed by atoms with Gasteiger partial charge in [0.2, 0.25) is 0 Å². The summed E-state index contributed by atoms with van der Waals surface area (Å²) < 4.78 is 10.5. The van der Waals surface area contributed by atoms with Crippen molar-refractivity contribution in [2.75, 3.05) is 6.61 Å². The Kier molecular flexibility index (Phi) is 3.44. The summed E-state index contributed by atoms with van der Waals surface area (Å²) in [5, 5.41) is 0.260. The molecule has 0 spiro atoms. The van der Waals surface area contributed by atoms with Crippen LogP contribution in [0.2, 0.25) is 5.22 Å². The van der Waals surface area contributed by atoms with Crippen LogP contribution in [-0.4, -0.2) is 18.5 Å². The van der Waals surface area contributed by atoms with E-state index in [4.69, 9.17) is 20.8 Å². The van der Waals surface area contributed by atoms with E-state index in [1.807, 2.05) is 0 Å². The highest BCUT2D eigenvalue weighted by Gasteiger charge is 2.18. The molecule has 82 valence electrons. The number of hydrogen-bond acceptors (Lipinski definition) is 3. The molecule has 1 aliphatic heterocycles. The van der Waals surface area contributed by atoms with Crippen molar-refractivity contribution in [3.8, 4) is 0 Å². The van der Waals surface area contributed by atoms with E-state index in [1.54, 1.807) is 12.1 Å². The van der Waals surface area contributed by atoms with E-state index in [2.05, 4.69) is 0 Å². The van der Waals surface area contributed by atoms with Gasteiger partial charge in [0.1, 0.15) is 0 Å². The minimum atomic E-state index is -0.00241. The number of ether oxygens (including phenoxy) is 1. The maximum atomic E-state index is 11.6. The average molecular weight is 229 g/mol. The zero-order valence-electron chi connectivity index (χ0n) is 8.37. The van der Waals surface area contributed by atoms with Gasteiger partial charge in [-0.1, -0.05) is 0 Å². The molecule has 0 bridgehead atoms. The lowest BCUT2D eigenvalue weighted by atomic mass is 10.1. The number of furan rings is 1. The lowest BCUT2D eigenvalue weighted by molar-refractivity contribution is 0.0840. The van der Waals surface area contributed by atoms with Crippen molar-refractivity contribution in [2.45, 2.75) is 31.8 Å². The topological polar surface area (TPSA) is 39.4 Å². The van der Waals surface area contributed by atoms with Gasteiger partial charge >= 0.3 is 0 Å². The number of ketones is 1. The van der Waals surface area contributed by atoms with Gasteiger partial charge in [-0.05, 0) is 43.0 Å². The van der Waals surface area contributed by atoms with Crippen molar-refractivity contribution in [2.24, 2.45) is 0 Å².